The predicted octanol–water partition coefficient (Wildman–Crippen LogP) is 4.99. The summed E-state index contributed by atoms with van der Waals surface area (Å²) < 4.78 is 13.1. The molecule has 0 saturated carbocycles. The topological polar surface area (TPSA) is 57.5 Å². The second-order valence-electron chi connectivity index (χ2n) is 7.97. The average Bonchev–Trinajstić information content (AvgIpc) is 3.42. The molecule has 0 amide bonds. The summed E-state index contributed by atoms with van der Waals surface area (Å²) in [6, 6.07) is 19.0. The van der Waals surface area contributed by atoms with Crippen LogP contribution in [0, 0.1) is 13.8 Å². The molecule has 2 aromatic carbocycles. The first-order valence-corrected chi connectivity index (χ1v) is 10.7. The normalized spacial score (nSPS) is 15.7. The van der Waals surface area contributed by atoms with E-state index in [-0.39, 0.29) is 18.5 Å². The Hall–Kier alpha value is -3.18. The number of aryl methyl sites for hydroxylation is 1. The molecule has 1 aliphatic rings. The van der Waals surface area contributed by atoms with Gasteiger partial charge in [0, 0.05) is 30.1 Å². The highest BCUT2D eigenvalue weighted by Crippen LogP contribution is 2.22. The number of esters is 1. The fraction of sp³-hybridized carbons (Fsp3) is 0.308. The molecule has 5 heteroatoms. The molecular weight excluding hydrogens is 390 g/mol. The first-order chi connectivity index (χ1) is 15.0. The zero-order chi connectivity index (χ0) is 21.8. The summed E-state index contributed by atoms with van der Waals surface area (Å²) in [6.45, 7) is 5.19. The molecule has 0 N–H and O–H groups in total. The van der Waals surface area contributed by atoms with Crippen LogP contribution in [0.25, 0.3) is 11.1 Å². The van der Waals surface area contributed by atoms with Crippen LogP contribution >= 0.6 is 0 Å². The molecule has 160 valence electrons. The van der Waals surface area contributed by atoms with Crippen molar-refractivity contribution in [2.45, 2.75) is 39.3 Å². The minimum atomic E-state index is -0.499. The number of carbonyl (C=O) groups excluding carboxylic acids is 2. The Morgan fingerprint density at radius 1 is 1.03 bits per heavy atom. The molecule has 0 spiro atoms. The number of Topliss-reactive ketones (excluding diaryl/α,β-unsaturated/α-hetero) is 1. The van der Waals surface area contributed by atoms with Crippen LogP contribution in [0.15, 0.2) is 60.7 Å². The van der Waals surface area contributed by atoms with Crippen LogP contribution in [-0.4, -0.2) is 35.6 Å². The summed E-state index contributed by atoms with van der Waals surface area (Å²) in [7, 11) is 0. The maximum Gasteiger partial charge on any atom is 0.338 e. The highest BCUT2D eigenvalue weighted by atomic mass is 16.5. The minimum absolute atomic E-state index is 0.194. The van der Waals surface area contributed by atoms with E-state index in [1.807, 2.05) is 62.4 Å². The van der Waals surface area contributed by atoms with E-state index in [4.69, 9.17) is 9.47 Å². The third kappa shape index (κ3) is 4.78. The second-order valence-corrected chi connectivity index (χ2v) is 7.97. The monoisotopic (exact) mass is 417 g/mol. The maximum absolute atomic E-state index is 12.7. The first-order valence-electron chi connectivity index (χ1n) is 10.7. The Balaban J connectivity index is 1.38. The molecule has 1 unspecified atom stereocenters. The molecule has 1 aliphatic heterocycles. The molecule has 1 atom stereocenters. The fourth-order valence-electron chi connectivity index (χ4n) is 4.08. The number of benzene rings is 2. The van der Waals surface area contributed by atoms with Gasteiger partial charge in [0.25, 0.3) is 0 Å². The van der Waals surface area contributed by atoms with Crippen LogP contribution in [0.1, 0.15) is 44.9 Å². The van der Waals surface area contributed by atoms with Crippen LogP contribution in [0.2, 0.25) is 0 Å². The van der Waals surface area contributed by atoms with Crippen molar-refractivity contribution in [3.8, 4) is 11.1 Å². The standard InChI is InChI=1S/C26H27NO4/c1-18-15-24(19(2)27(18)16-23-9-6-14-30-23)25(28)17-31-26(29)22-12-10-21(11-13-22)20-7-4-3-5-8-20/h3-5,7-8,10-13,15,23H,6,9,14,16-17H2,1-2H3. The number of ether oxygens (including phenoxy) is 2. The summed E-state index contributed by atoms with van der Waals surface area (Å²) in [5.74, 6) is -0.693. The van der Waals surface area contributed by atoms with E-state index in [1.165, 1.54) is 0 Å². The molecule has 0 bridgehead atoms. The number of rotatable bonds is 7. The van der Waals surface area contributed by atoms with Gasteiger partial charge < -0.3 is 14.0 Å². The van der Waals surface area contributed by atoms with Crippen molar-refractivity contribution in [1.29, 1.82) is 0 Å². The van der Waals surface area contributed by atoms with Gasteiger partial charge in [-0.3, -0.25) is 4.79 Å². The van der Waals surface area contributed by atoms with Crippen LogP contribution in [-0.2, 0) is 16.0 Å². The first kappa shape index (κ1) is 21.1. The molecule has 1 saturated heterocycles. The van der Waals surface area contributed by atoms with E-state index >= 15 is 0 Å². The van der Waals surface area contributed by atoms with Gasteiger partial charge in [-0.15, -0.1) is 0 Å². The molecule has 31 heavy (non-hydrogen) atoms. The molecule has 2 heterocycles. The molecule has 1 aromatic heterocycles. The van der Waals surface area contributed by atoms with Crippen LogP contribution in [0.4, 0.5) is 0 Å². The van der Waals surface area contributed by atoms with Crippen molar-refractivity contribution in [2.75, 3.05) is 13.2 Å². The van der Waals surface area contributed by atoms with Crippen molar-refractivity contribution in [1.82, 2.24) is 4.57 Å². The predicted molar refractivity (Wildman–Crippen MR) is 119 cm³/mol. The van der Waals surface area contributed by atoms with Crippen LogP contribution < -0.4 is 0 Å². The van der Waals surface area contributed by atoms with E-state index < -0.39 is 5.97 Å². The molecule has 3 aromatic rings. The van der Waals surface area contributed by atoms with E-state index in [0.29, 0.717) is 11.1 Å². The average molecular weight is 418 g/mol. The van der Waals surface area contributed by atoms with Gasteiger partial charge in [-0.2, -0.15) is 0 Å². The second kappa shape index (κ2) is 9.31. The Labute approximate surface area is 182 Å². The SMILES string of the molecule is Cc1cc(C(=O)COC(=O)c2ccc(-c3ccccc3)cc2)c(C)n1CC1CCCO1. The number of nitrogens with zero attached hydrogens (tertiary/aromatic N) is 1. The van der Waals surface area contributed by atoms with Gasteiger partial charge in [-0.1, -0.05) is 42.5 Å². The van der Waals surface area contributed by atoms with E-state index in [9.17, 15) is 9.59 Å². The Bertz CT molecular complexity index is 1060. The lowest BCUT2D eigenvalue weighted by atomic mass is 10.0. The third-order valence-electron chi connectivity index (χ3n) is 5.85. The van der Waals surface area contributed by atoms with Gasteiger partial charge in [-0.25, -0.2) is 4.79 Å². The van der Waals surface area contributed by atoms with E-state index in [0.717, 1.165) is 48.5 Å². The van der Waals surface area contributed by atoms with Crippen LogP contribution in [0.5, 0.6) is 0 Å². The highest BCUT2D eigenvalue weighted by Gasteiger charge is 2.22. The maximum atomic E-state index is 12.7. The number of aromatic nitrogens is 1. The molecule has 0 radical (unpaired) electrons. The quantitative estimate of drug-likeness (QED) is 0.401. The summed E-state index contributed by atoms with van der Waals surface area (Å²) >= 11 is 0. The molecule has 1 fully saturated rings. The molecule has 5 nitrogen and oxygen atoms in total. The van der Waals surface area contributed by atoms with Gasteiger partial charge >= 0.3 is 5.97 Å². The third-order valence-corrected chi connectivity index (χ3v) is 5.85. The van der Waals surface area contributed by atoms with Crippen molar-refractivity contribution < 1.29 is 19.1 Å². The molecular formula is C26H27NO4. The Morgan fingerprint density at radius 3 is 2.42 bits per heavy atom. The smallest absolute Gasteiger partial charge is 0.338 e. The lowest BCUT2D eigenvalue weighted by molar-refractivity contribution is 0.0474. The largest absolute Gasteiger partial charge is 0.454 e. The Morgan fingerprint density at radius 2 is 1.74 bits per heavy atom. The van der Waals surface area contributed by atoms with Crippen molar-refractivity contribution in [3.05, 3.63) is 83.2 Å². The van der Waals surface area contributed by atoms with E-state index in [1.54, 1.807) is 12.1 Å². The molecule has 4 rings (SSSR count). The van der Waals surface area contributed by atoms with Crippen LogP contribution in [0.3, 0.4) is 0 Å². The fourth-order valence-corrected chi connectivity index (χ4v) is 4.08. The highest BCUT2D eigenvalue weighted by molar-refractivity contribution is 6.00. The van der Waals surface area contributed by atoms with Gasteiger partial charge in [0.05, 0.1) is 11.7 Å². The summed E-state index contributed by atoms with van der Waals surface area (Å²) in [5.41, 5.74) is 5.03. The lowest BCUT2D eigenvalue weighted by Gasteiger charge is -2.14. The number of hydrogen-bond acceptors (Lipinski definition) is 4. The summed E-state index contributed by atoms with van der Waals surface area (Å²) in [6.07, 6.45) is 2.32. The summed E-state index contributed by atoms with van der Waals surface area (Å²) in [4.78, 5) is 25.1. The van der Waals surface area contributed by atoms with E-state index in [2.05, 4.69) is 4.57 Å². The Kier molecular flexibility index (Phi) is 6.33. The van der Waals surface area contributed by atoms with Gasteiger partial charge in [0.15, 0.2) is 6.61 Å². The van der Waals surface area contributed by atoms with Gasteiger partial charge in [0.2, 0.25) is 5.78 Å². The zero-order valence-corrected chi connectivity index (χ0v) is 18.0. The zero-order valence-electron chi connectivity index (χ0n) is 18.0. The van der Waals surface area contributed by atoms with Gasteiger partial charge in [0.1, 0.15) is 0 Å². The summed E-state index contributed by atoms with van der Waals surface area (Å²) in [5, 5.41) is 0. The molecule has 0 aliphatic carbocycles. The number of carbonyl (C=O) groups is 2. The lowest BCUT2D eigenvalue weighted by Crippen LogP contribution is -2.18. The minimum Gasteiger partial charge on any atom is -0.454 e. The van der Waals surface area contributed by atoms with Crippen molar-refractivity contribution in [2.24, 2.45) is 0 Å². The number of ketones is 1. The number of hydrogen-bond donors (Lipinski definition) is 0. The van der Waals surface area contributed by atoms with Crippen molar-refractivity contribution >= 4 is 11.8 Å². The van der Waals surface area contributed by atoms with Gasteiger partial charge in [-0.05, 0) is 56.0 Å². The van der Waals surface area contributed by atoms with Crippen molar-refractivity contribution in [3.63, 3.8) is 0 Å².